The van der Waals surface area contributed by atoms with E-state index in [9.17, 15) is 14.4 Å². The quantitative estimate of drug-likeness (QED) is 0.643. The molecule has 0 saturated carbocycles. The SMILES string of the molecule is CCCNC(=O)C[NH+](C)CN1C(=O)C(=O)c2cc3c(cc21)OCCO3. The number of carbonyl (C=O) groups excluding carboxylic acids is 3. The Labute approximate surface area is 145 Å². The first kappa shape index (κ1) is 17.2. The van der Waals surface area contributed by atoms with E-state index in [1.807, 2.05) is 6.92 Å². The van der Waals surface area contributed by atoms with Gasteiger partial charge in [-0.3, -0.25) is 19.3 Å². The number of ketones is 1. The lowest BCUT2D eigenvalue weighted by molar-refractivity contribution is -0.869. The third-order valence-corrected chi connectivity index (χ3v) is 4.10. The third kappa shape index (κ3) is 3.43. The van der Waals surface area contributed by atoms with Crippen molar-refractivity contribution in [2.75, 3.05) is 44.9 Å². The summed E-state index contributed by atoms with van der Waals surface area (Å²) in [6.45, 7) is 3.89. The van der Waals surface area contributed by atoms with Crippen LogP contribution in [0.2, 0.25) is 0 Å². The summed E-state index contributed by atoms with van der Waals surface area (Å²) in [7, 11) is 1.80. The van der Waals surface area contributed by atoms with Crippen LogP contribution in [0, 0.1) is 0 Å². The van der Waals surface area contributed by atoms with Gasteiger partial charge >= 0.3 is 5.91 Å². The van der Waals surface area contributed by atoms with Crippen LogP contribution < -0.4 is 24.6 Å². The zero-order valence-corrected chi connectivity index (χ0v) is 14.4. The number of ether oxygens (including phenoxy) is 2. The van der Waals surface area contributed by atoms with E-state index in [-0.39, 0.29) is 19.1 Å². The molecule has 134 valence electrons. The second-order valence-corrected chi connectivity index (χ2v) is 6.22. The number of nitrogens with zero attached hydrogens (tertiary/aromatic N) is 1. The number of hydrogen-bond acceptors (Lipinski definition) is 5. The predicted molar refractivity (Wildman–Crippen MR) is 89.2 cm³/mol. The molecule has 2 aliphatic heterocycles. The Morgan fingerprint density at radius 3 is 2.60 bits per heavy atom. The summed E-state index contributed by atoms with van der Waals surface area (Å²) in [5, 5.41) is 2.80. The maximum Gasteiger partial charge on any atom is 0.303 e. The van der Waals surface area contributed by atoms with Crippen LogP contribution in [0.15, 0.2) is 12.1 Å². The molecule has 0 aromatic heterocycles. The Kier molecular flexibility index (Phi) is 4.89. The minimum absolute atomic E-state index is 0.0836. The van der Waals surface area contributed by atoms with Gasteiger partial charge in [0.05, 0.1) is 18.3 Å². The maximum atomic E-state index is 12.4. The molecule has 0 saturated heterocycles. The predicted octanol–water partition coefficient (Wildman–Crippen LogP) is -1.01. The summed E-state index contributed by atoms with van der Waals surface area (Å²) < 4.78 is 11.0. The Bertz CT molecular complexity index is 718. The van der Waals surface area contributed by atoms with Crippen LogP contribution in [0.25, 0.3) is 0 Å². The second kappa shape index (κ2) is 7.10. The summed E-state index contributed by atoms with van der Waals surface area (Å²) in [6, 6.07) is 3.23. The van der Waals surface area contributed by atoms with Gasteiger partial charge in [-0.1, -0.05) is 6.92 Å². The monoisotopic (exact) mass is 348 g/mol. The van der Waals surface area contributed by atoms with Gasteiger partial charge in [-0.2, -0.15) is 0 Å². The number of nitrogens with one attached hydrogen (secondary N) is 2. The molecule has 1 aromatic rings. The standard InChI is InChI=1S/C17H21N3O5/c1-3-4-18-15(21)9-19(2)10-20-12-8-14-13(24-5-6-25-14)7-11(12)16(22)17(20)23/h7-8H,3-6,9-10H2,1-2H3,(H,18,21)/p+1. The van der Waals surface area contributed by atoms with Gasteiger partial charge in [0, 0.05) is 12.6 Å². The van der Waals surface area contributed by atoms with Gasteiger partial charge in [-0.25, -0.2) is 0 Å². The molecule has 8 heteroatoms. The summed E-state index contributed by atoms with van der Waals surface area (Å²) in [5.74, 6) is -0.232. The van der Waals surface area contributed by atoms with Crippen molar-refractivity contribution >= 4 is 23.3 Å². The van der Waals surface area contributed by atoms with Crippen molar-refractivity contribution in [3.05, 3.63) is 17.7 Å². The Morgan fingerprint density at radius 2 is 1.92 bits per heavy atom. The molecule has 2 aliphatic rings. The normalized spacial score (nSPS) is 16.6. The number of Topliss-reactive ketones (excluding diaryl/α,β-unsaturated/α-hetero) is 1. The van der Waals surface area contributed by atoms with E-state index in [1.165, 1.54) is 4.90 Å². The summed E-state index contributed by atoms with van der Waals surface area (Å²) in [5.41, 5.74) is 0.824. The number of benzene rings is 1. The first-order valence-corrected chi connectivity index (χ1v) is 8.39. The Balaban J connectivity index is 1.76. The van der Waals surface area contributed by atoms with Crippen molar-refractivity contribution in [2.45, 2.75) is 13.3 Å². The van der Waals surface area contributed by atoms with Crippen molar-refractivity contribution in [2.24, 2.45) is 0 Å². The summed E-state index contributed by atoms with van der Waals surface area (Å²) in [4.78, 5) is 38.6. The average Bonchev–Trinajstić information content (AvgIpc) is 2.82. The number of anilines is 1. The van der Waals surface area contributed by atoms with Gasteiger partial charge in [-0.05, 0) is 12.5 Å². The van der Waals surface area contributed by atoms with Crippen molar-refractivity contribution < 1.29 is 28.8 Å². The molecule has 2 amide bonds. The van der Waals surface area contributed by atoms with E-state index < -0.39 is 11.7 Å². The average molecular weight is 348 g/mol. The van der Waals surface area contributed by atoms with Gasteiger partial charge in [0.25, 0.3) is 11.7 Å². The number of rotatable bonds is 6. The van der Waals surface area contributed by atoms with Gasteiger partial charge in [0.2, 0.25) is 0 Å². The van der Waals surface area contributed by atoms with Crippen molar-refractivity contribution in [1.29, 1.82) is 0 Å². The highest BCUT2D eigenvalue weighted by atomic mass is 16.6. The number of carbonyl (C=O) groups is 3. The second-order valence-electron chi connectivity index (χ2n) is 6.22. The molecule has 3 rings (SSSR count). The fraction of sp³-hybridized carbons (Fsp3) is 0.471. The number of quaternary nitrogens is 1. The molecule has 0 aliphatic carbocycles. The Morgan fingerprint density at radius 1 is 1.24 bits per heavy atom. The largest absolute Gasteiger partial charge is 0.486 e. The molecule has 1 aromatic carbocycles. The lowest BCUT2D eigenvalue weighted by Gasteiger charge is -2.23. The zero-order chi connectivity index (χ0) is 18.0. The van der Waals surface area contributed by atoms with Crippen LogP contribution in [0.4, 0.5) is 5.69 Å². The summed E-state index contributed by atoms with van der Waals surface area (Å²) in [6.07, 6.45) is 0.866. The summed E-state index contributed by atoms with van der Waals surface area (Å²) >= 11 is 0. The smallest absolute Gasteiger partial charge is 0.303 e. The first-order valence-electron chi connectivity index (χ1n) is 8.39. The molecule has 0 bridgehead atoms. The molecular formula is C17H22N3O5+. The highest BCUT2D eigenvalue weighted by Gasteiger charge is 2.39. The lowest BCUT2D eigenvalue weighted by Crippen LogP contribution is -3.12. The minimum Gasteiger partial charge on any atom is -0.486 e. The molecule has 0 radical (unpaired) electrons. The van der Waals surface area contributed by atoms with Gasteiger partial charge in [-0.15, -0.1) is 0 Å². The fourth-order valence-corrected chi connectivity index (χ4v) is 2.91. The van der Waals surface area contributed by atoms with E-state index in [0.29, 0.717) is 42.5 Å². The van der Waals surface area contributed by atoms with Crippen molar-refractivity contribution in [3.8, 4) is 11.5 Å². The lowest BCUT2D eigenvalue weighted by atomic mass is 10.1. The maximum absolute atomic E-state index is 12.4. The molecule has 0 fully saturated rings. The van der Waals surface area contributed by atoms with Crippen LogP contribution in [0.3, 0.4) is 0 Å². The van der Waals surface area contributed by atoms with Crippen LogP contribution in [0.5, 0.6) is 11.5 Å². The first-order chi connectivity index (χ1) is 12.0. The van der Waals surface area contributed by atoms with Crippen LogP contribution >= 0.6 is 0 Å². The fourth-order valence-electron chi connectivity index (χ4n) is 2.91. The molecule has 8 nitrogen and oxygen atoms in total. The molecule has 2 heterocycles. The third-order valence-electron chi connectivity index (χ3n) is 4.10. The Hall–Kier alpha value is -2.61. The number of hydrogen-bond donors (Lipinski definition) is 2. The molecule has 1 unspecified atom stereocenters. The molecular weight excluding hydrogens is 326 g/mol. The van der Waals surface area contributed by atoms with Crippen LogP contribution in [-0.4, -0.2) is 57.6 Å². The van der Waals surface area contributed by atoms with Gasteiger partial charge < -0.3 is 19.7 Å². The molecule has 25 heavy (non-hydrogen) atoms. The van der Waals surface area contributed by atoms with Gasteiger partial charge in [0.1, 0.15) is 13.2 Å². The molecule has 1 atom stereocenters. The topological polar surface area (TPSA) is 89.4 Å². The van der Waals surface area contributed by atoms with E-state index >= 15 is 0 Å². The zero-order valence-electron chi connectivity index (χ0n) is 14.4. The number of likely N-dealkylation sites (N-methyl/N-ethyl adjacent to an activating group) is 1. The highest BCUT2D eigenvalue weighted by molar-refractivity contribution is 6.52. The minimum atomic E-state index is -0.592. The van der Waals surface area contributed by atoms with Crippen molar-refractivity contribution in [1.82, 2.24) is 5.32 Å². The number of fused-ring (bicyclic) bond motifs is 2. The molecule has 2 N–H and O–H groups in total. The van der Waals surface area contributed by atoms with E-state index in [0.717, 1.165) is 11.3 Å². The van der Waals surface area contributed by atoms with Gasteiger partial charge in [0.15, 0.2) is 24.7 Å². The molecule has 0 spiro atoms. The highest BCUT2D eigenvalue weighted by Crippen LogP contribution is 2.40. The van der Waals surface area contributed by atoms with E-state index in [1.54, 1.807) is 19.2 Å². The number of amides is 2. The van der Waals surface area contributed by atoms with Crippen molar-refractivity contribution in [3.63, 3.8) is 0 Å². The van der Waals surface area contributed by atoms with Crippen LogP contribution in [0.1, 0.15) is 23.7 Å². The van der Waals surface area contributed by atoms with Crippen LogP contribution in [-0.2, 0) is 9.59 Å². The van der Waals surface area contributed by atoms with E-state index in [2.05, 4.69) is 5.32 Å². The van der Waals surface area contributed by atoms with E-state index in [4.69, 9.17) is 9.47 Å².